The number of aryl methyl sites for hydroxylation is 1. The molecule has 2 rings (SSSR count). The molecule has 0 bridgehead atoms. The van der Waals surface area contributed by atoms with Crippen LogP contribution in [0, 0.1) is 18.8 Å². The zero-order chi connectivity index (χ0) is 12.4. The zero-order valence-corrected chi connectivity index (χ0v) is 10.4. The third-order valence-electron chi connectivity index (χ3n) is 3.45. The maximum absolute atomic E-state index is 11.1. The minimum absolute atomic E-state index is 0.360. The lowest BCUT2D eigenvalue weighted by molar-refractivity contribution is 0.0698. The van der Waals surface area contributed by atoms with Crippen molar-refractivity contribution in [3.05, 3.63) is 29.3 Å². The second-order valence-electron chi connectivity index (χ2n) is 5.05. The normalized spacial score (nSPS) is 16.6. The number of carboxylic acid groups (broad SMARTS) is 1. The van der Waals surface area contributed by atoms with Crippen LogP contribution < -0.4 is 5.32 Å². The van der Waals surface area contributed by atoms with Crippen LogP contribution in [0.25, 0.3) is 0 Å². The quantitative estimate of drug-likeness (QED) is 0.821. The van der Waals surface area contributed by atoms with Gasteiger partial charge in [-0.2, -0.15) is 0 Å². The Bertz CT molecular complexity index is 424. The molecule has 1 aliphatic carbocycles. The fourth-order valence-corrected chi connectivity index (χ4v) is 2.09. The largest absolute Gasteiger partial charge is 0.478 e. The number of anilines is 1. The van der Waals surface area contributed by atoms with Crippen molar-refractivity contribution in [1.82, 2.24) is 0 Å². The Morgan fingerprint density at radius 2 is 2.24 bits per heavy atom. The number of nitrogens with one attached hydrogen (secondary N) is 1. The van der Waals surface area contributed by atoms with Gasteiger partial charge < -0.3 is 10.4 Å². The molecule has 1 saturated carbocycles. The molecule has 3 nitrogen and oxygen atoms in total. The number of hydrogen-bond donors (Lipinski definition) is 2. The topological polar surface area (TPSA) is 49.3 Å². The third kappa shape index (κ3) is 2.99. The van der Waals surface area contributed by atoms with E-state index in [0.717, 1.165) is 23.7 Å². The summed E-state index contributed by atoms with van der Waals surface area (Å²) >= 11 is 0. The first-order valence-electron chi connectivity index (χ1n) is 6.15. The molecule has 0 radical (unpaired) electrons. The van der Waals surface area contributed by atoms with Crippen LogP contribution in [0.4, 0.5) is 5.69 Å². The Kier molecular flexibility index (Phi) is 3.36. The third-order valence-corrected chi connectivity index (χ3v) is 3.45. The summed E-state index contributed by atoms with van der Waals surface area (Å²) in [4.78, 5) is 11.1. The molecule has 1 atom stereocenters. The maximum Gasteiger partial charge on any atom is 0.337 e. The van der Waals surface area contributed by atoms with Crippen LogP contribution in [0.2, 0.25) is 0 Å². The first-order chi connectivity index (χ1) is 8.08. The van der Waals surface area contributed by atoms with Gasteiger partial charge in [0.25, 0.3) is 0 Å². The SMILES string of the molecule is Cc1ccc(C(=O)O)c(NCC(C)C2CC2)c1. The van der Waals surface area contributed by atoms with Crippen molar-refractivity contribution in [3.8, 4) is 0 Å². The van der Waals surface area contributed by atoms with Gasteiger partial charge in [0.2, 0.25) is 0 Å². The van der Waals surface area contributed by atoms with Crippen LogP contribution in [0.3, 0.4) is 0 Å². The number of carbonyl (C=O) groups is 1. The summed E-state index contributed by atoms with van der Waals surface area (Å²) in [5.41, 5.74) is 2.18. The molecule has 1 aromatic rings. The Hall–Kier alpha value is -1.51. The van der Waals surface area contributed by atoms with Crippen molar-refractivity contribution in [3.63, 3.8) is 0 Å². The van der Waals surface area contributed by atoms with E-state index in [1.807, 2.05) is 19.1 Å². The van der Waals surface area contributed by atoms with Crippen molar-refractivity contribution in [2.75, 3.05) is 11.9 Å². The first kappa shape index (κ1) is 12.0. The highest BCUT2D eigenvalue weighted by molar-refractivity contribution is 5.94. The molecule has 1 fully saturated rings. The number of carboxylic acids is 1. The summed E-state index contributed by atoms with van der Waals surface area (Å²) in [6.45, 7) is 5.05. The van der Waals surface area contributed by atoms with Gasteiger partial charge in [0, 0.05) is 12.2 Å². The molecule has 1 unspecified atom stereocenters. The highest BCUT2D eigenvalue weighted by Gasteiger charge is 2.27. The van der Waals surface area contributed by atoms with Crippen LogP contribution in [-0.4, -0.2) is 17.6 Å². The van der Waals surface area contributed by atoms with Gasteiger partial charge in [0.15, 0.2) is 0 Å². The van der Waals surface area contributed by atoms with E-state index >= 15 is 0 Å². The maximum atomic E-state index is 11.1. The van der Waals surface area contributed by atoms with Crippen LogP contribution in [0.5, 0.6) is 0 Å². The fraction of sp³-hybridized carbons (Fsp3) is 0.500. The van der Waals surface area contributed by atoms with E-state index in [1.54, 1.807) is 6.07 Å². The second kappa shape index (κ2) is 4.78. The summed E-state index contributed by atoms with van der Waals surface area (Å²) in [6, 6.07) is 5.41. The predicted octanol–water partition coefficient (Wildman–Crippen LogP) is 3.15. The summed E-state index contributed by atoms with van der Waals surface area (Å²) in [7, 11) is 0. The van der Waals surface area contributed by atoms with Crippen LogP contribution >= 0.6 is 0 Å². The molecule has 2 N–H and O–H groups in total. The minimum atomic E-state index is -0.869. The van der Waals surface area contributed by atoms with Crippen molar-refractivity contribution in [1.29, 1.82) is 0 Å². The van der Waals surface area contributed by atoms with Crippen LogP contribution in [-0.2, 0) is 0 Å². The smallest absolute Gasteiger partial charge is 0.337 e. The molecule has 92 valence electrons. The standard InChI is InChI=1S/C14H19NO2/c1-9-3-6-12(14(16)17)13(7-9)15-8-10(2)11-4-5-11/h3,6-7,10-11,15H,4-5,8H2,1-2H3,(H,16,17). The molecular formula is C14H19NO2. The number of aromatic carboxylic acids is 1. The van der Waals surface area contributed by atoms with E-state index in [4.69, 9.17) is 5.11 Å². The van der Waals surface area contributed by atoms with Crippen molar-refractivity contribution in [2.45, 2.75) is 26.7 Å². The van der Waals surface area contributed by atoms with Crippen molar-refractivity contribution in [2.24, 2.45) is 11.8 Å². The van der Waals surface area contributed by atoms with E-state index in [1.165, 1.54) is 12.8 Å². The van der Waals surface area contributed by atoms with E-state index in [0.29, 0.717) is 11.5 Å². The molecule has 17 heavy (non-hydrogen) atoms. The van der Waals surface area contributed by atoms with Crippen LogP contribution in [0.15, 0.2) is 18.2 Å². The molecule has 0 amide bonds. The first-order valence-corrected chi connectivity index (χ1v) is 6.15. The molecular weight excluding hydrogens is 214 g/mol. The number of rotatable bonds is 5. The lowest BCUT2D eigenvalue weighted by Crippen LogP contribution is -2.15. The van der Waals surface area contributed by atoms with E-state index in [2.05, 4.69) is 12.2 Å². The second-order valence-corrected chi connectivity index (χ2v) is 5.05. The molecule has 0 saturated heterocycles. The van der Waals surface area contributed by atoms with Crippen molar-refractivity contribution < 1.29 is 9.90 Å². The molecule has 0 aromatic heterocycles. The number of benzene rings is 1. The van der Waals surface area contributed by atoms with E-state index < -0.39 is 5.97 Å². The van der Waals surface area contributed by atoms with Gasteiger partial charge in [-0.25, -0.2) is 4.79 Å². The summed E-state index contributed by atoms with van der Waals surface area (Å²) in [5, 5.41) is 12.4. The zero-order valence-electron chi connectivity index (χ0n) is 10.4. The number of hydrogen-bond acceptors (Lipinski definition) is 2. The lowest BCUT2D eigenvalue weighted by Gasteiger charge is -2.14. The average molecular weight is 233 g/mol. The molecule has 1 aromatic carbocycles. The van der Waals surface area contributed by atoms with Gasteiger partial charge in [-0.3, -0.25) is 0 Å². The van der Waals surface area contributed by atoms with E-state index in [-0.39, 0.29) is 0 Å². The van der Waals surface area contributed by atoms with E-state index in [9.17, 15) is 4.79 Å². The molecule has 0 heterocycles. The highest BCUT2D eigenvalue weighted by Crippen LogP contribution is 2.36. The molecule has 1 aliphatic rings. The van der Waals surface area contributed by atoms with Crippen LogP contribution in [0.1, 0.15) is 35.7 Å². The van der Waals surface area contributed by atoms with Gasteiger partial charge >= 0.3 is 5.97 Å². The average Bonchev–Trinajstić information content (AvgIpc) is 3.09. The molecule has 0 spiro atoms. The Morgan fingerprint density at radius 3 is 2.82 bits per heavy atom. The fourth-order valence-electron chi connectivity index (χ4n) is 2.09. The Balaban J connectivity index is 2.07. The minimum Gasteiger partial charge on any atom is -0.478 e. The summed E-state index contributed by atoms with van der Waals surface area (Å²) in [5.74, 6) is 0.587. The van der Waals surface area contributed by atoms with Gasteiger partial charge in [-0.1, -0.05) is 13.0 Å². The summed E-state index contributed by atoms with van der Waals surface area (Å²) in [6.07, 6.45) is 2.64. The monoisotopic (exact) mass is 233 g/mol. The predicted molar refractivity (Wildman–Crippen MR) is 68.5 cm³/mol. The van der Waals surface area contributed by atoms with Gasteiger partial charge in [0.05, 0.1) is 5.56 Å². The van der Waals surface area contributed by atoms with Gasteiger partial charge in [0.1, 0.15) is 0 Å². The van der Waals surface area contributed by atoms with Gasteiger partial charge in [-0.05, 0) is 49.3 Å². The highest BCUT2D eigenvalue weighted by atomic mass is 16.4. The van der Waals surface area contributed by atoms with Crippen molar-refractivity contribution >= 4 is 11.7 Å². The summed E-state index contributed by atoms with van der Waals surface area (Å²) < 4.78 is 0. The molecule has 3 heteroatoms. The lowest BCUT2D eigenvalue weighted by atomic mass is 10.1. The Labute approximate surface area is 102 Å². The molecule has 0 aliphatic heterocycles. The van der Waals surface area contributed by atoms with Gasteiger partial charge in [-0.15, -0.1) is 0 Å². The Morgan fingerprint density at radius 1 is 1.53 bits per heavy atom.